The van der Waals surface area contributed by atoms with Gasteiger partial charge in [0.05, 0.1) is 34.5 Å². The number of carbonyl (C=O) groups is 3. The average Bonchev–Trinajstić information content (AvgIpc) is 0.816. The lowest BCUT2D eigenvalue weighted by atomic mass is 10.0. The number of hydrogen-bond donors (Lipinski definition) is 7. The maximum absolute atomic E-state index is 14.0. The van der Waals surface area contributed by atoms with E-state index in [4.69, 9.17) is 40.4 Å². The van der Waals surface area contributed by atoms with E-state index in [2.05, 4.69) is 66.0 Å². The molecule has 0 spiro atoms. The number of nitrogen functional groups attached to an aromatic ring is 3. The maximum Gasteiger partial charge on any atom is 0.416 e. The van der Waals surface area contributed by atoms with Gasteiger partial charge in [-0.15, -0.1) is 0 Å². The molecule has 10 aromatic rings. The first-order chi connectivity index (χ1) is 49.0. The third-order valence-corrected chi connectivity index (χ3v) is 17.5. The zero-order chi connectivity index (χ0) is 74.2. The van der Waals surface area contributed by atoms with E-state index in [0.29, 0.717) is 105 Å². The van der Waals surface area contributed by atoms with Gasteiger partial charge in [-0.1, -0.05) is 119 Å². The second-order valence-corrected chi connectivity index (χ2v) is 26.8. The largest absolute Gasteiger partial charge is 0.416 e. The third kappa shape index (κ3) is 21.3. The molecule has 0 aliphatic carbocycles. The summed E-state index contributed by atoms with van der Waals surface area (Å²) in [5, 5.41) is 31.7. The molecular formula is C81H81Cl2F3N12O5. The van der Waals surface area contributed by atoms with Gasteiger partial charge in [-0.2, -0.15) is 13.2 Å². The Bertz CT molecular complexity index is 4970. The second kappa shape index (κ2) is 35.0. The molecule has 1 aliphatic heterocycles. The van der Waals surface area contributed by atoms with E-state index in [0.717, 1.165) is 73.7 Å². The maximum atomic E-state index is 14.0. The van der Waals surface area contributed by atoms with Gasteiger partial charge in [-0.25, -0.2) is 15.0 Å². The van der Waals surface area contributed by atoms with Crippen LogP contribution in [0.4, 0.5) is 36.3 Å². The molecule has 2 unspecified atom stereocenters. The Kier molecular flexibility index (Phi) is 26.1. The van der Waals surface area contributed by atoms with E-state index in [1.807, 2.05) is 119 Å². The Morgan fingerprint density at radius 2 is 1.05 bits per heavy atom. The summed E-state index contributed by atoms with van der Waals surface area (Å²) in [6.07, 6.45) is 0.128. The van der Waals surface area contributed by atoms with Crippen molar-refractivity contribution in [1.82, 2.24) is 39.9 Å². The number of piperazine rings is 1. The molecule has 2 atom stereocenters. The van der Waals surface area contributed by atoms with Gasteiger partial charge < -0.3 is 52.7 Å². The summed E-state index contributed by atoms with van der Waals surface area (Å²) in [6, 6.07) is 38.4. The minimum atomic E-state index is -4.55. The fourth-order valence-electron chi connectivity index (χ4n) is 11.3. The van der Waals surface area contributed by atoms with Crippen molar-refractivity contribution in [3.8, 4) is 35.5 Å². The Hall–Kier alpha value is -10.4. The molecule has 2 amide bonds. The van der Waals surface area contributed by atoms with Crippen LogP contribution in [0.2, 0.25) is 10.0 Å². The number of pyridine rings is 3. The van der Waals surface area contributed by atoms with Crippen molar-refractivity contribution in [2.75, 3.05) is 104 Å². The number of benzene rings is 7. The van der Waals surface area contributed by atoms with Crippen LogP contribution in [-0.2, 0) is 12.7 Å². The Morgan fingerprint density at radius 3 is 1.56 bits per heavy atom. The van der Waals surface area contributed by atoms with Gasteiger partial charge in [-0.05, 0) is 158 Å². The molecule has 17 nitrogen and oxygen atoms in total. The average molecular weight is 1430 g/mol. The standard InChI is InChI=1S/C33H32F3N5O.C24H25ClN4O2.C24H24ClN3O2/c1-21-4-6-25-19-38-31(37)28(29(25)16-21)11-9-23-17-24(7-5-22(23)2)32(42)39-27-10-8-26(30(18-27)33(34,35)36)20-41-14-12-40(3)13-15-41;1-15-4-5-17(24(31)28-13-20(30)14-29(2)3)10-16(15)7-9-21-22-11-19(25)8-6-18(22)12-27-23(21)26;1-28(2)15-20(29)10-12-23(30)17-6-3-16(4-7-17)5-11-21-22-13-19(25)9-8-18(22)14-27-24(21)26/h4-8,10,16-19H,12-15,20H2,1-3H3,(H2,37,38)(H,39,42);4-6,8,10-12,20,30H,13-14H2,1-3H3,(H2,26,27)(H,28,31);3-4,6-9,13-14,20,29H,10,12,15H2,1-2H3,(H2,26,27). The number of aryl methyl sites for hydroxylation is 3. The normalized spacial score (nSPS) is 12.9. The Labute approximate surface area is 608 Å². The third-order valence-electron chi connectivity index (χ3n) is 17.0. The van der Waals surface area contributed by atoms with E-state index in [1.165, 1.54) is 12.1 Å². The molecule has 0 bridgehead atoms. The number of alkyl halides is 3. The first-order valence-corrected chi connectivity index (χ1v) is 33.9. The first-order valence-electron chi connectivity index (χ1n) is 33.1. The topological polar surface area (TPSA) is 245 Å². The SMILES string of the molecule is CN(C)CC(O)CCC(=O)c1ccc(C#Cc2c(N)ncc3ccc(Cl)cc23)cc1.Cc1ccc(C(=O)NCC(O)CN(C)C)cc1C#Cc1c(N)ncc2ccc(Cl)cc12.Cc1ccc2cnc(N)c(C#Cc3cc(C(=O)Nc4ccc(CN5CCN(C)CC5)c(C(F)(F)F)c4)ccc3C)c2c1. The zero-order valence-corrected chi connectivity index (χ0v) is 60.0. The van der Waals surface area contributed by atoms with Gasteiger partial charge in [0.15, 0.2) is 5.78 Å². The number of anilines is 4. The number of nitrogens with zero attached hydrogens (tertiary/aromatic N) is 7. The number of aliphatic hydroxyl groups excluding tert-OH is 2. The predicted molar refractivity (Wildman–Crippen MR) is 407 cm³/mol. The van der Waals surface area contributed by atoms with Gasteiger partial charge in [0.1, 0.15) is 17.5 Å². The number of likely N-dealkylation sites (N-methyl/N-ethyl adjacent to an activating group) is 3. The van der Waals surface area contributed by atoms with E-state index in [1.54, 1.807) is 85.3 Å². The fraction of sp³-hybridized carbons (Fsp3) is 0.259. The summed E-state index contributed by atoms with van der Waals surface area (Å²) in [4.78, 5) is 58.6. The number of rotatable bonds is 15. The van der Waals surface area contributed by atoms with Crippen molar-refractivity contribution in [1.29, 1.82) is 0 Å². The molecule has 1 aliphatic rings. The van der Waals surface area contributed by atoms with Crippen molar-refractivity contribution < 1.29 is 37.8 Å². The molecule has 1 saturated heterocycles. The molecule has 3 aromatic heterocycles. The summed E-state index contributed by atoms with van der Waals surface area (Å²) >= 11 is 12.3. The lowest BCUT2D eigenvalue weighted by Crippen LogP contribution is -2.44. The number of halogens is 5. The molecule has 11 rings (SSSR count). The van der Waals surface area contributed by atoms with Crippen molar-refractivity contribution >= 4 is 96.3 Å². The van der Waals surface area contributed by atoms with Gasteiger partial charge >= 0.3 is 6.18 Å². The molecule has 22 heteroatoms. The molecule has 530 valence electrons. The first kappa shape index (κ1) is 76.8. The summed E-state index contributed by atoms with van der Waals surface area (Å²) < 4.78 is 42.0. The number of fused-ring (bicyclic) bond motifs is 3. The Balaban J connectivity index is 0.000000183. The zero-order valence-electron chi connectivity index (χ0n) is 58.5. The van der Waals surface area contributed by atoms with Crippen LogP contribution in [0.15, 0.2) is 152 Å². The molecule has 7 aromatic carbocycles. The monoisotopic (exact) mass is 1430 g/mol. The minimum absolute atomic E-state index is 0.00413. The number of hydrogen-bond acceptors (Lipinski definition) is 15. The molecule has 0 radical (unpaired) electrons. The number of amides is 2. The fourth-order valence-corrected chi connectivity index (χ4v) is 11.7. The molecule has 0 saturated carbocycles. The number of Topliss-reactive ketones (excluding diaryl/α,β-unsaturated/α-hetero) is 1. The quantitative estimate of drug-likeness (QED) is 0.0373. The highest BCUT2D eigenvalue weighted by atomic mass is 35.5. The van der Waals surface area contributed by atoms with Gasteiger partial charge in [0, 0.05) is 159 Å². The number of nitrogens with one attached hydrogen (secondary N) is 2. The molecule has 10 N–H and O–H groups in total. The van der Waals surface area contributed by atoms with Crippen LogP contribution < -0.4 is 27.8 Å². The molecule has 1 fully saturated rings. The van der Waals surface area contributed by atoms with Crippen LogP contribution in [0.3, 0.4) is 0 Å². The number of aromatic nitrogens is 3. The van der Waals surface area contributed by atoms with Gasteiger partial charge in [0.2, 0.25) is 0 Å². The smallest absolute Gasteiger partial charge is 0.392 e. The van der Waals surface area contributed by atoms with E-state index >= 15 is 0 Å². The number of nitrogens with two attached hydrogens (primary N) is 3. The van der Waals surface area contributed by atoms with Crippen LogP contribution >= 0.6 is 23.2 Å². The predicted octanol–water partition coefficient (Wildman–Crippen LogP) is 12.4. The second-order valence-electron chi connectivity index (χ2n) is 25.9. The lowest BCUT2D eigenvalue weighted by molar-refractivity contribution is -0.138. The summed E-state index contributed by atoms with van der Waals surface area (Å²) in [5.41, 5.74) is 25.9. The lowest BCUT2D eigenvalue weighted by Gasteiger charge is -2.33. The molecule has 103 heavy (non-hydrogen) atoms. The number of aliphatic hydroxyl groups is 2. The van der Waals surface area contributed by atoms with Gasteiger partial charge in [0.25, 0.3) is 11.8 Å². The summed E-state index contributed by atoms with van der Waals surface area (Å²) in [7, 11) is 9.51. The van der Waals surface area contributed by atoms with Crippen molar-refractivity contribution in [3.63, 3.8) is 0 Å². The number of ketones is 1. The van der Waals surface area contributed by atoms with Crippen molar-refractivity contribution in [2.24, 2.45) is 0 Å². The summed E-state index contributed by atoms with van der Waals surface area (Å²) in [6.45, 7) is 10.2. The number of carbonyl (C=O) groups excluding carboxylic acids is 3. The summed E-state index contributed by atoms with van der Waals surface area (Å²) in [5.74, 6) is 18.8. The van der Waals surface area contributed by atoms with Crippen LogP contribution in [0.5, 0.6) is 0 Å². The van der Waals surface area contributed by atoms with Gasteiger partial charge in [-0.3, -0.25) is 19.3 Å². The van der Waals surface area contributed by atoms with Crippen molar-refractivity contribution in [2.45, 2.75) is 58.5 Å². The van der Waals surface area contributed by atoms with E-state index in [-0.39, 0.29) is 41.6 Å². The molecular weight excluding hydrogens is 1350 g/mol. The van der Waals surface area contributed by atoms with Crippen LogP contribution in [0.25, 0.3) is 32.3 Å². The van der Waals surface area contributed by atoms with Crippen molar-refractivity contribution in [3.05, 3.63) is 240 Å². The van der Waals surface area contributed by atoms with E-state index < -0.39 is 29.9 Å². The van der Waals surface area contributed by atoms with Crippen LogP contribution in [-0.4, -0.2) is 156 Å². The highest BCUT2D eigenvalue weighted by molar-refractivity contribution is 6.31. The molecule has 4 heterocycles. The van der Waals surface area contributed by atoms with Crippen LogP contribution in [0.1, 0.15) is 105 Å². The Morgan fingerprint density at radius 1 is 0.573 bits per heavy atom. The van der Waals surface area contributed by atoms with E-state index in [9.17, 15) is 37.8 Å². The minimum Gasteiger partial charge on any atom is -0.392 e. The van der Waals surface area contributed by atoms with Crippen LogP contribution in [0, 0.1) is 56.3 Å². The highest BCUT2D eigenvalue weighted by Gasteiger charge is 2.34. The highest BCUT2D eigenvalue weighted by Crippen LogP contribution is 2.35.